The van der Waals surface area contributed by atoms with Crippen LogP contribution in [0.2, 0.25) is 5.02 Å². The Morgan fingerprint density at radius 1 is 1.20 bits per heavy atom. The van der Waals surface area contributed by atoms with E-state index in [2.05, 4.69) is 0 Å². The molecule has 20 heavy (non-hydrogen) atoms. The molecule has 0 amide bonds. The van der Waals surface area contributed by atoms with Crippen molar-refractivity contribution in [2.75, 3.05) is 7.11 Å². The molecule has 6 heteroatoms. The summed E-state index contributed by atoms with van der Waals surface area (Å²) >= 11 is 5.64. The third-order valence-corrected chi connectivity index (χ3v) is 2.83. The van der Waals surface area contributed by atoms with Gasteiger partial charge in [-0.05, 0) is 24.3 Å². The second-order valence-electron chi connectivity index (χ2n) is 3.85. The standard InChI is InChI=1S/C14H10ClFO4/c1-19-8-2-4-10(14(17)18)13(7-8)20-9-3-5-12(16)11(15)6-9/h2-7H,1H3,(H,17,18). The Morgan fingerprint density at radius 2 is 1.90 bits per heavy atom. The number of benzene rings is 2. The normalized spacial score (nSPS) is 10.2. The zero-order valence-electron chi connectivity index (χ0n) is 10.4. The van der Waals surface area contributed by atoms with Crippen LogP contribution in [0.1, 0.15) is 10.4 Å². The lowest BCUT2D eigenvalue weighted by molar-refractivity contribution is 0.0694. The van der Waals surface area contributed by atoms with Crippen molar-refractivity contribution in [3.8, 4) is 17.2 Å². The number of hydrogen-bond acceptors (Lipinski definition) is 3. The van der Waals surface area contributed by atoms with Gasteiger partial charge in [0.25, 0.3) is 0 Å². The molecule has 0 saturated heterocycles. The lowest BCUT2D eigenvalue weighted by atomic mass is 10.2. The molecule has 0 atom stereocenters. The summed E-state index contributed by atoms with van der Waals surface area (Å²) in [4.78, 5) is 11.1. The molecule has 2 aromatic carbocycles. The van der Waals surface area contributed by atoms with Crippen LogP contribution in [0.3, 0.4) is 0 Å². The first kappa shape index (κ1) is 14.1. The van der Waals surface area contributed by atoms with Crippen molar-refractivity contribution < 1.29 is 23.8 Å². The number of carboxylic acid groups (broad SMARTS) is 1. The molecule has 4 nitrogen and oxygen atoms in total. The minimum atomic E-state index is -1.14. The SMILES string of the molecule is COc1ccc(C(=O)O)c(Oc2ccc(F)c(Cl)c2)c1. The molecule has 0 heterocycles. The number of carbonyl (C=O) groups is 1. The highest BCUT2D eigenvalue weighted by molar-refractivity contribution is 6.30. The van der Waals surface area contributed by atoms with Gasteiger partial charge in [-0.25, -0.2) is 9.18 Å². The molecule has 1 N–H and O–H groups in total. The number of halogens is 2. The van der Waals surface area contributed by atoms with E-state index in [9.17, 15) is 9.18 Å². The highest BCUT2D eigenvalue weighted by Crippen LogP contribution is 2.31. The first-order valence-electron chi connectivity index (χ1n) is 5.55. The molecule has 0 saturated carbocycles. The summed E-state index contributed by atoms with van der Waals surface area (Å²) in [5.41, 5.74) is -0.0359. The van der Waals surface area contributed by atoms with E-state index in [1.54, 1.807) is 0 Å². The summed E-state index contributed by atoms with van der Waals surface area (Å²) in [7, 11) is 1.45. The van der Waals surface area contributed by atoms with E-state index < -0.39 is 11.8 Å². The average Bonchev–Trinajstić information content (AvgIpc) is 2.42. The molecule has 2 rings (SSSR count). The second kappa shape index (κ2) is 5.79. The molecular formula is C14H10ClFO4. The van der Waals surface area contributed by atoms with Crippen LogP contribution in [0, 0.1) is 5.82 Å². The number of ether oxygens (including phenoxy) is 2. The van der Waals surface area contributed by atoms with Gasteiger partial charge in [-0.15, -0.1) is 0 Å². The smallest absolute Gasteiger partial charge is 0.339 e. The van der Waals surface area contributed by atoms with Gasteiger partial charge >= 0.3 is 5.97 Å². The number of rotatable bonds is 4. The van der Waals surface area contributed by atoms with Crippen LogP contribution < -0.4 is 9.47 Å². The van der Waals surface area contributed by atoms with Crippen LogP contribution in [0.25, 0.3) is 0 Å². The fourth-order valence-electron chi connectivity index (χ4n) is 1.56. The van der Waals surface area contributed by atoms with Crippen LogP contribution in [-0.2, 0) is 0 Å². The first-order chi connectivity index (χ1) is 9.51. The molecule has 104 valence electrons. The Labute approximate surface area is 119 Å². The van der Waals surface area contributed by atoms with E-state index in [0.29, 0.717) is 5.75 Å². The zero-order valence-corrected chi connectivity index (χ0v) is 11.1. The van der Waals surface area contributed by atoms with Gasteiger partial charge < -0.3 is 14.6 Å². The van der Waals surface area contributed by atoms with E-state index in [0.717, 1.165) is 6.07 Å². The Hall–Kier alpha value is -2.27. The van der Waals surface area contributed by atoms with Gasteiger partial charge in [0.1, 0.15) is 28.6 Å². The molecule has 0 bridgehead atoms. The summed E-state index contributed by atoms with van der Waals surface area (Å²) in [5, 5.41) is 8.99. The lowest BCUT2D eigenvalue weighted by Crippen LogP contribution is -2.00. The topological polar surface area (TPSA) is 55.8 Å². The highest BCUT2D eigenvalue weighted by Gasteiger charge is 2.14. The van der Waals surface area contributed by atoms with Crippen molar-refractivity contribution >= 4 is 17.6 Å². The van der Waals surface area contributed by atoms with Crippen molar-refractivity contribution in [2.24, 2.45) is 0 Å². The maximum atomic E-state index is 13.1. The van der Waals surface area contributed by atoms with Gasteiger partial charge in [-0.2, -0.15) is 0 Å². The van der Waals surface area contributed by atoms with Crippen LogP contribution in [0.15, 0.2) is 36.4 Å². The summed E-state index contributed by atoms with van der Waals surface area (Å²) in [5.74, 6) is -0.969. The Bertz CT molecular complexity index is 658. The third kappa shape index (κ3) is 3.00. The van der Waals surface area contributed by atoms with Crippen LogP contribution in [-0.4, -0.2) is 18.2 Å². The average molecular weight is 297 g/mol. The van der Waals surface area contributed by atoms with Gasteiger partial charge in [0.15, 0.2) is 0 Å². The van der Waals surface area contributed by atoms with Crippen molar-refractivity contribution in [2.45, 2.75) is 0 Å². The van der Waals surface area contributed by atoms with E-state index >= 15 is 0 Å². The number of aromatic carboxylic acids is 1. The maximum absolute atomic E-state index is 13.1. The van der Waals surface area contributed by atoms with E-state index in [1.165, 1.54) is 37.4 Å². The fraction of sp³-hybridized carbons (Fsp3) is 0.0714. The van der Waals surface area contributed by atoms with Gasteiger partial charge in [0.2, 0.25) is 0 Å². The molecule has 0 aliphatic heterocycles. The maximum Gasteiger partial charge on any atom is 0.339 e. The zero-order chi connectivity index (χ0) is 14.7. The second-order valence-corrected chi connectivity index (χ2v) is 4.25. The molecule has 0 unspecified atom stereocenters. The lowest BCUT2D eigenvalue weighted by Gasteiger charge is -2.10. The van der Waals surface area contributed by atoms with Gasteiger partial charge in [0, 0.05) is 12.1 Å². The van der Waals surface area contributed by atoms with Gasteiger partial charge in [-0.3, -0.25) is 0 Å². The number of methoxy groups -OCH3 is 1. The molecule has 0 spiro atoms. The monoisotopic (exact) mass is 296 g/mol. The molecular weight excluding hydrogens is 287 g/mol. The number of carboxylic acids is 1. The Balaban J connectivity index is 2.40. The molecule has 0 aliphatic carbocycles. The van der Waals surface area contributed by atoms with Crippen LogP contribution >= 0.6 is 11.6 Å². The summed E-state index contributed by atoms with van der Waals surface area (Å²) < 4.78 is 23.5. The molecule has 0 aliphatic rings. The fourth-order valence-corrected chi connectivity index (χ4v) is 1.73. The minimum absolute atomic E-state index is 0.0359. The van der Waals surface area contributed by atoms with Crippen LogP contribution in [0.5, 0.6) is 17.2 Å². The summed E-state index contributed by atoms with van der Waals surface area (Å²) in [6.07, 6.45) is 0. The van der Waals surface area contributed by atoms with Gasteiger partial charge in [-0.1, -0.05) is 11.6 Å². The van der Waals surface area contributed by atoms with Crippen LogP contribution in [0.4, 0.5) is 4.39 Å². The molecule has 0 fully saturated rings. The highest BCUT2D eigenvalue weighted by atomic mass is 35.5. The quantitative estimate of drug-likeness (QED) is 0.927. The molecule has 2 aromatic rings. The molecule has 0 aromatic heterocycles. The minimum Gasteiger partial charge on any atom is -0.497 e. The predicted octanol–water partition coefficient (Wildman–Crippen LogP) is 3.98. The third-order valence-electron chi connectivity index (χ3n) is 2.54. The van der Waals surface area contributed by atoms with E-state index in [4.69, 9.17) is 26.2 Å². The van der Waals surface area contributed by atoms with E-state index in [-0.39, 0.29) is 22.1 Å². The summed E-state index contributed by atoms with van der Waals surface area (Å²) in [6, 6.07) is 8.06. The van der Waals surface area contributed by atoms with Gasteiger partial charge in [0.05, 0.1) is 12.1 Å². The predicted molar refractivity (Wildman–Crippen MR) is 71.4 cm³/mol. The van der Waals surface area contributed by atoms with Crippen molar-refractivity contribution in [1.82, 2.24) is 0 Å². The van der Waals surface area contributed by atoms with Crippen molar-refractivity contribution in [3.05, 3.63) is 52.8 Å². The largest absolute Gasteiger partial charge is 0.497 e. The van der Waals surface area contributed by atoms with E-state index in [1.807, 2.05) is 0 Å². The van der Waals surface area contributed by atoms with Crippen molar-refractivity contribution in [3.63, 3.8) is 0 Å². The Morgan fingerprint density at radius 3 is 2.50 bits per heavy atom. The number of hydrogen-bond donors (Lipinski definition) is 1. The first-order valence-corrected chi connectivity index (χ1v) is 5.93. The summed E-state index contributed by atoms with van der Waals surface area (Å²) in [6.45, 7) is 0. The molecule has 0 radical (unpaired) electrons. The van der Waals surface area contributed by atoms with Crippen molar-refractivity contribution in [1.29, 1.82) is 0 Å². The Kier molecular flexibility index (Phi) is 4.10.